The molecule has 0 atom stereocenters. The number of rotatable bonds is 2. The van der Waals surface area contributed by atoms with Crippen LogP contribution in [0.4, 0.5) is 15.8 Å². The van der Waals surface area contributed by atoms with Crippen LogP contribution in [0.2, 0.25) is 5.02 Å². The van der Waals surface area contributed by atoms with Crippen molar-refractivity contribution >= 4 is 50.6 Å². The van der Waals surface area contributed by atoms with E-state index in [0.29, 0.717) is 23.0 Å². The van der Waals surface area contributed by atoms with Crippen molar-refractivity contribution in [2.24, 2.45) is 0 Å². The van der Waals surface area contributed by atoms with E-state index in [1.165, 1.54) is 12.1 Å². The Hall–Kier alpha value is -1.92. The minimum absolute atomic E-state index is 0.0150. The summed E-state index contributed by atoms with van der Waals surface area (Å²) in [6.45, 7) is 0. The van der Waals surface area contributed by atoms with Crippen molar-refractivity contribution in [3.8, 4) is 0 Å². The van der Waals surface area contributed by atoms with Gasteiger partial charge in [-0.1, -0.05) is 11.6 Å². The van der Waals surface area contributed by atoms with Gasteiger partial charge < -0.3 is 11.1 Å². The lowest BCUT2D eigenvalue weighted by Crippen LogP contribution is -2.21. The molecule has 0 unspecified atom stereocenters. The van der Waals surface area contributed by atoms with Crippen molar-refractivity contribution in [1.82, 2.24) is 0 Å². The Kier molecular flexibility index (Phi) is 4.12. The summed E-state index contributed by atoms with van der Waals surface area (Å²) in [4.78, 5) is 24.3. The van der Waals surface area contributed by atoms with Gasteiger partial charge >= 0.3 is 0 Å². The van der Waals surface area contributed by atoms with E-state index in [9.17, 15) is 14.0 Å². The number of benzene rings is 2. The molecule has 2 aromatic rings. The van der Waals surface area contributed by atoms with Gasteiger partial charge in [0, 0.05) is 17.7 Å². The third-order valence-corrected chi connectivity index (χ3v) is 4.79. The van der Waals surface area contributed by atoms with Crippen LogP contribution in [-0.2, 0) is 11.2 Å². The molecule has 0 spiro atoms. The minimum atomic E-state index is -0.571. The second-order valence-electron chi connectivity index (χ2n) is 5.19. The number of amides is 1. The van der Waals surface area contributed by atoms with Gasteiger partial charge in [0.05, 0.1) is 20.7 Å². The smallest absolute Gasteiger partial charge is 0.224 e. The van der Waals surface area contributed by atoms with E-state index in [0.717, 1.165) is 11.6 Å². The predicted molar refractivity (Wildman–Crippen MR) is 90.3 cm³/mol. The molecule has 0 fully saturated rings. The van der Waals surface area contributed by atoms with Gasteiger partial charge in [0.15, 0.2) is 5.78 Å². The number of anilines is 2. The molecule has 0 bridgehead atoms. The van der Waals surface area contributed by atoms with Gasteiger partial charge in [-0.15, -0.1) is 0 Å². The van der Waals surface area contributed by atoms with Crippen molar-refractivity contribution in [3.05, 3.63) is 56.3 Å². The van der Waals surface area contributed by atoms with E-state index in [2.05, 4.69) is 21.2 Å². The zero-order valence-corrected chi connectivity index (χ0v) is 14.1. The van der Waals surface area contributed by atoms with Gasteiger partial charge in [0.1, 0.15) is 5.82 Å². The SMILES string of the molecule is Nc1cc2c(c(Br)c1C(=O)c1cc(F)ccc1Cl)NC(=O)CC2. The zero-order chi connectivity index (χ0) is 16.7. The molecule has 0 saturated heterocycles. The van der Waals surface area contributed by atoms with Crippen LogP contribution in [-0.4, -0.2) is 11.7 Å². The molecular weight excluding hydrogens is 387 g/mol. The number of nitrogens with two attached hydrogens (primary N) is 1. The van der Waals surface area contributed by atoms with E-state index in [-0.39, 0.29) is 27.7 Å². The lowest BCUT2D eigenvalue weighted by atomic mass is 9.95. The van der Waals surface area contributed by atoms with Gasteiger partial charge in [-0.05, 0) is 52.2 Å². The molecule has 23 heavy (non-hydrogen) atoms. The lowest BCUT2D eigenvalue weighted by Gasteiger charge is -2.21. The number of carbonyl (C=O) groups excluding carboxylic acids is 2. The van der Waals surface area contributed by atoms with Crippen LogP contribution < -0.4 is 11.1 Å². The van der Waals surface area contributed by atoms with Crippen LogP contribution in [0.1, 0.15) is 27.9 Å². The Morgan fingerprint density at radius 1 is 1.30 bits per heavy atom. The first kappa shape index (κ1) is 16.0. The second-order valence-corrected chi connectivity index (χ2v) is 6.39. The van der Waals surface area contributed by atoms with E-state index >= 15 is 0 Å². The predicted octanol–water partition coefficient (Wildman–Crippen LogP) is 3.94. The van der Waals surface area contributed by atoms with E-state index < -0.39 is 11.6 Å². The highest BCUT2D eigenvalue weighted by atomic mass is 79.9. The van der Waals surface area contributed by atoms with Crippen LogP contribution in [0, 0.1) is 5.82 Å². The average molecular weight is 398 g/mol. The number of ketones is 1. The van der Waals surface area contributed by atoms with Crippen molar-refractivity contribution in [1.29, 1.82) is 0 Å². The molecule has 2 aromatic carbocycles. The minimum Gasteiger partial charge on any atom is -0.398 e. The Balaban J connectivity index is 2.16. The Labute approximate surface area is 144 Å². The maximum atomic E-state index is 13.4. The number of nitrogen functional groups attached to an aromatic ring is 1. The second kappa shape index (κ2) is 5.94. The number of carbonyl (C=O) groups is 2. The van der Waals surface area contributed by atoms with Crippen LogP contribution >= 0.6 is 27.5 Å². The van der Waals surface area contributed by atoms with Gasteiger partial charge in [0.25, 0.3) is 0 Å². The Bertz CT molecular complexity index is 854. The highest BCUT2D eigenvalue weighted by Gasteiger charge is 2.26. The monoisotopic (exact) mass is 396 g/mol. The number of fused-ring (bicyclic) bond motifs is 1. The first-order valence-corrected chi connectivity index (χ1v) is 7.96. The molecule has 1 aliphatic rings. The van der Waals surface area contributed by atoms with Crippen LogP contribution in [0.5, 0.6) is 0 Å². The maximum absolute atomic E-state index is 13.4. The molecule has 1 heterocycles. The van der Waals surface area contributed by atoms with Crippen LogP contribution in [0.25, 0.3) is 0 Å². The Morgan fingerprint density at radius 3 is 2.78 bits per heavy atom. The average Bonchev–Trinajstić information content (AvgIpc) is 2.50. The molecule has 3 rings (SSSR count). The number of hydrogen-bond donors (Lipinski definition) is 2. The van der Waals surface area contributed by atoms with Crippen molar-refractivity contribution < 1.29 is 14.0 Å². The summed E-state index contributed by atoms with van der Waals surface area (Å²) >= 11 is 9.33. The molecule has 0 radical (unpaired) electrons. The van der Waals surface area contributed by atoms with Crippen molar-refractivity contribution in [3.63, 3.8) is 0 Å². The summed E-state index contributed by atoms with van der Waals surface area (Å²) < 4.78 is 13.8. The third kappa shape index (κ3) is 2.84. The first-order chi connectivity index (χ1) is 10.9. The quantitative estimate of drug-likeness (QED) is 0.595. The normalized spacial score (nSPS) is 13.4. The summed E-state index contributed by atoms with van der Waals surface area (Å²) in [5, 5.41) is 2.86. The molecule has 118 valence electrons. The first-order valence-electron chi connectivity index (χ1n) is 6.79. The highest BCUT2D eigenvalue weighted by Crippen LogP contribution is 2.39. The molecule has 1 amide bonds. The van der Waals surface area contributed by atoms with Crippen LogP contribution in [0.15, 0.2) is 28.7 Å². The number of nitrogens with one attached hydrogen (secondary N) is 1. The summed E-state index contributed by atoms with van der Waals surface area (Å²) in [6.07, 6.45) is 0.904. The van der Waals surface area contributed by atoms with Crippen LogP contribution in [0.3, 0.4) is 0 Å². The largest absolute Gasteiger partial charge is 0.398 e. The molecule has 1 aliphatic heterocycles. The van der Waals surface area contributed by atoms with Gasteiger partial charge in [-0.3, -0.25) is 9.59 Å². The van der Waals surface area contributed by atoms with Crippen molar-refractivity contribution in [2.45, 2.75) is 12.8 Å². The van der Waals surface area contributed by atoms with E-state index in [1.807, 2.05) is 0 Å². The molecule has 0 aliphatic carbocycles. The Morgan fingerprint density at radius 2 is 2.04 bits per heavy atom. The molecule has 0 saturated carbocycles. The standard InChI is InChI=1S/C16H11BrClFN2O2/c17-14-13(16(23)9-6-8(19)2-3-10(9)18)11(20)5-7-1-4-12(22)21-15(7)14/h2-3,5-6H,1,4,20H2,(H,21,22). The number of hydrogen-bond acceptors (Lipinski definition) is 3. The lowest BCUT2D eigenvalue weighted by molar-refractivity contribution is -0.116. The number of halogens is 3. The van der Waals surface area contributed by atoms with Gasteiger partial charge in [-0.2, -0.15) is 0 Å². The fourth-order valence-electron chi connectivity index (χ4n) is 2.54. The summed E-state index contributed by atoms with van der Waals surface area (Å²) in [7, 11) is 0. The molecule has 3 N–H and O–H groups in total. The molecular formula is C16H11BrClFN2O2. The maximum Gasteiger partial charge on any atom is 0.224 e. The fraction of sp³-hybridized carbons (Fsp3) is 0.125. The van der Waals surface area contributed by atoms with Gasteiger partial charge in [-0.25, -0.2) is 4.39 Å². The number of aryl methyl sites for hydroxylation is 1. The van der Waals surface area contributed by atoms with Crippen molar-refractivity contribution in [2.75, 3.05) is 11.1 Å². The summed E-state index contributed by atoms with van der Waals surface area (Å²) in [5.74, 6) is -1.22. The highest BCUT2D eigenvalue weighted by molar-refractivity contribution is 9.10. The van der Waals surface area contributed by atoms with E-state index in [4.69, 9.17) is 17.3 Å². The fourth-order valence-corrected chi connectivity index (χ4v) is 3.51. The topological polar surface area (TPSA) is 72.2 Å². The zero-order valence-electron chi connectivity index (χ0n) is 11.8. The molecule has 0 aromatic heterocycles. The molecule has 4 nitrogen and oxygen atoms in total. The molecule has 7 heteroatoms. The van der Waals surface area contributed by atoms with Gasteiger partial charge in [0.2, 0.25) is 5.91 Å². The summed E-state index contributed by atoms with van der Waals surface area (Å²) in [5.41, 5.74) is 7.78. The third-order valence-electron chi connectivity index (χ3n) is 3.66. The summed E-state index contributed by atoms with van der Waals surface area (Å²) in [6, 6.07) is 5.20. The van der Waals surface area contributed by atoms with E-state index in [1.54, 1.807) is 6.07 Å².